The average Bonchev–Trinajstić information content (AvgIpc) is 3.35. The molecule has 1 aliphatic carbocycles. The zero-order valence-electron chi connectivity index (χ0n) is 16.4. The molecule has 0 radical (unpaired) electrons. The maximum Gasteiger partial charge on any atom is 0.343 e. The highest BCUT2D eigenvalue weighted by molar-refractivity contribution is 7.98. The van der Waals surface area contributed by atoms with E-state index in [-0.39, 0.29) is 11.3 Å². The summed E-state index contributed by atoms with van der Waals surface area (Å²) < 4.78 is 7.11. The van der Waals surface area contributed by atoms with Crippen LogP contribution in [0.5, 0.6) is 0 Å². The first-order valence-corrected chi connectivity index (χ1v) is 11.1. The molecule has 0 amide bonds. The van der Waals surface area contributed by atoms with Crippen molar-refractivity contribution in [3.63, 3.8) is 0 Å². The molecule has 7 heteroatoms. The predicted octanol–water partition coefficient (Wildman–Crippen LogP) is 3.70. The predicted molar refractivity (Wildman–Crippen MR) is 117 cm³/mol. The van der Waals surface area contributed by atoms with Gasteiger partial charge >= 0.3 is 11.3 Å². The van der Waals surface area contributed by atoms with Crippen molar-refractivity contribution in [3.05, 3.63) is 91.7 Å². The van der Waals surface area contributed by atoms with E-state index in [1.54, 1.807) is 10.6 Å². The van der Waals surface area contributed by atoms with Gasteiger partial charge in [0, 0.05) is 23.8 Å². The van der Waals surface area contributed by atoms with Gasteiger partial charge < -0.3 is 4.42 Å². The number of thioether (sulfide) groups is 1. The maximum absolute atomic E-state index is 12.2. The van der Waals surface area contributed by atoms with Gasteiger partial charge in [-0.05, 0) is 60.1 Å². The van der Waals surface area contributed by atoms with E-state index in [2.05, 4.69) is 16.3 Å². The zero-order chi connectivity index (χ0) is 20.5. The van der Waals surface area contributed by atoms with Crippen LogP contribution in [0, 0.1) is 0 Å². The molecular weight excluding hydrogens is 398 g/mol. The van der Waals surface area contributed by atoms with Crippen LogP contribution in [0.1, 0.15) is 28.7 Å². The first-order chi connectivity index (χ1) is 14.7. The summed E-state index contributed by atoms with van der Waals surface area (Å²) in [4.78, 5) is 24.3. The monoisotopic (exact) mass is 419 g/mol. The van der Waals surface area contributed by atoms with Crippen LogP contribution in [-0.2, 0) is 31.6 Å². The lowest BCUT2D eigenvalue weighted by atomic mass is 10.0. The highest BCUT2D eigenvalue weighted by Gasteiger charge is 2.16. The number of hydrogen-bond acceptors (Lipinski definition) is 5. The van der Waals surface area contributed by atoms with Crippen LogP contribution in [0.2, 0.25) is 0 Å². The molecular formula is C23H21N3O3S. The first kappa shape index (κ1) is 18.9. The molecule has 6 nitrogen and oxygen atoms in total. The van der Waals surface area contributed by atoms with E-state index < -0.39 is 0 Å². The number of nitrogens with one attached hydrogen (secondary N) is 1. The number of nitrogens with zero attached hydrogens (tertiary/aromatic N) is 2. The smallest absolute Gasteiger partial charge is 0.343 e. The summed E-state index contributed by atoms with van der Waals surface area (Å²) in [7, 11) is 0. The molecule has 0 saturated heterocycles. The summed E-state index contributed by atoms with van der Waals surface area (Å²) >= 11 is 1.45. The van der Waals surface area contributed by atoms with Crippen molar-refractivity contribution < 1.29 is 4.42 Å². The van der Waals surface area contributed by atoms with Crippen LogP contribution in [0.3, 0.4) is 0 Å². The number of hydrogen-bond donors (Lipinski definition) is 1. The molecule has 5 rings (SSSR count). The number of rotatable bonds is 6. The molecule has 4 aromatic rings. The fourth-order valence-electron chi connectivity index (χ4n) is 4.05. The third-order valence-corrected chi connectivity index (χ3v) is 6.61. The van der Waals surface area contributed by atoms with Gasteiger partial charge in [0.1, 0.15) is 5.58 Å². The van der Waals surface area contributed by atoms with Gasteiger partial charge in [0.15, 0.2) is 5.16 Å². The number of aromatic amines is 1. The summed E-state index contributed by atoms with van der Waals surface area (Å²) in [5.74, 6) is 0.538. The molecule has 0 saturated carbocycles. The van der Waals surface area contributed by atoms with Crippen LogP contribution >= 0.6 is 11.8 Å². The molecule has 0 atom stereocenters. The van der Waals surface area contributed by atoms with Crippen molar-refractivity contribution in [2.75, 3.05) is 0 Å². The van der Waals surface area contributed by atoms with Crippen molar-refractivity contribution in [1.82, 2.24) is 14.8 Å². The van der Waals surface area contributed by atoms with Gasteiger partial charge in [0.2, 0.25) is 0 Å². The molecule has 2 aromatic heterocycles. The van der Waals surface area contributed by atoms with Crippen molar-refractivity contribution in [1.29, 1.82) is 0 Å². The number of aromatic nitrogens is 3. The Morgan fingerprint density at radius 2 is 1.87 bits per heavy atom. The summed E-state index contributed by atoms with van der Waals surface area (Å²) in [6, 6.07) is 15.8. The van der Waals surface area contributed by atoms with Crippen molar-refractivity contribution >= 4 is 22.7 Å². The van der Waals surface area contributed by atoms with Crippen molar-refractivity contribution in [3.8, 4) is 0 Å². The van der Waals surface area contributed by atoms with Crippen LogP contribution in [0.4, 0.5) is 0 Å². The molecule has 30 heavy (non-hydrogen) atoms. The molecule has 1 aliphatic rings. The molecule has 1 N–H and O–H groups in total. The van der Waals surface area contributed by atoms with Crippen molar-refractivity contribution in [2.45, 2.75) is 43.1 Å². The number of benzene rings is 2. The summed E-state index contributed by atoms with van der Waals surface area (Å²) in [5, 5.41) is 8.33. The largest absolute Gasteiger partial charge is 0.423 e. The quantitative estimate of drug-likeness (QED) is 0.381. The molecule has 0 bridgehead atoms. The van der Waals surface area contributed by atoms with Gasteiger partial charge in [-0.2, -0.15) is 0 Å². The van der Waals surface area contributed by atoms with E-state index in [1.807, 2.05) is 36.4 Å². The van der Waals surface area contributed by atoms with Crippen LogP contribution < -0.4 is 11.3 Å². The Morgan fingerprint density at radius 3 is 2.70 bits per heavy atom. The first-order valence-electron chi connectivity index (χ1n) is 10.1. The Bertz CT molecular complexity index is 1320. The Balaban J connectivity index is 1.40. The Morgan fingerprint density at radius 1 is 1.07 bits per heavy atom. The van der Waals surface area contributed by atoms with E-state index in [0.717, 1.165) is 36.6 Å². The molecule has 2 aromatic carbocycles. The maximum atomic E-state index is 12.2. The molecule has 0 aliphatic heterocycles. The molecule has 0 fully saturated rings. The van der Waals surface area contributed by atoms with E-state index in [9.17, 15) is 9.59 Å². The third kappa shape index (κ3) is 3.73. The molecule has 0 unspecified atom stereocenters. The van der Waals surface area contributed by atoms with Gasteiger partial charge in [-0.3, -0.25) is 4.57 Å². The zero-order valence-corrected chi connectivity index (χ0v) is 17.2. The van der Waals surface area contributed by atoms with E-state index in [0.29, 0.717) is 23.0 Å². The number of H-pyrrole nitrogens is 1. The van der Waals surface area contributed by atoms with E-state index in [4.69, 9.17) is 4.42 Å². The topological polar surface area (TPSA) is 80.9 Å². The minimum Gasteiger partial charge on any atom is -0.423 e. The minimum absolute atomic E-state index is 0.219. The standard InChI is InChI=1S/C23H21N3O3S/c27-21-13-18(19-11-16-7-4-8-17(16)12-20(19)29-21)14-30-23-25-24-22(28)26(23)10-9-15-5-2-1-3-6-15/h1-3,5-6,11-13H,4,7-10,14H2,(H,24,28). The van der Waals surface area contributed by atoms with Crippen LogP contribution in [0.25, 0.3) is 11.0 Å². The Hall–Kier alpha value is -3.06. The normalized spacial score (nSPS) is 13.1. The molecule has 0 spiro atoms. The summed E-state index contributed by atoms with van der Waals surface area (Å²) in [6.07, 6.45) is 3.99. The lowest BCUT2D eigenvalue weighted by molar-refractivity contribution is 0.559. The van der Waals surface area contributed by atoms with Gasteiger partial charge in [-0.1, -0.05) is 42.1 Å². The second kappa shape index (κ2) is 7.99. The average molecular weight is 420 g/mol. The van der Waals surface area contributed by atoms with Crippen LogP contribution in [-0.4, -0.2) is 14.8 Å². The molecule has 152 valence electrons. The summed E-state index contributed by atoms with van der Waals surface area (Å²) in [5.41, 5.74) is 4.76. The van der Waals surface area contributed by atoms with Gasteiger partial charge in [-0.15, -0.1) is 5.10 Å². The Labute approximate surface area is 176 Å². The van der Waals surface area contributed by atoms with Crippen molar-refractivity contribution in [2.24, 2.45) is 0 Å². The lowest BCUT2D eigenvalue weighted by Crippen LogP contribution is -2.18. The van der Waals surface area contributed by atoms with Gasteiger partial charge in [0.25, 0.3) is 0 Å². The highest BCUT2D eigenvalue weighted by atomic mass is 32.2. The fraction of sp³-hybridized carbons (Fsp3) is 0.261. The minimum atomic E-state index is -0.348. The second-order valence-electron chi connectivity index (χ2n) is 7.55. The highest BCUT2D eigenvalue weighted by Crippen LogP contribution is 2.30. The number of aryl methyl sites for hydroxylation is 3. The number of fused-ring (bicyclic) bond motifs is 2. The Kier molecular flexibility index (Phi) is 5.04. The van der Waals surface area contributed by atoms with E-state index >= 15 is 0 Å². The third-order valence-electron chi connectivity index (χ3n) is 5.59. The van der Waals surface area contributed by atoms with Gasteiger partial charge in [0.05, 0.1) is 0 Å². The lowest BCUT2D eigenvalue weighted by Gasteiger charge is -2.09. The second-order valence-corrected chi connectivity index (χ2v) is 8.49. The van der Waals surface area contributed by atoms with E-state index in [1.165, 1.54) is 28.5 Å². The molecule has 2 heterocycles. The SMILES string of the molecule is O=c1cc(CSc2n[nH]c(=O)n2CCc2ccccc2)c2cc3c(cc2o1)CCC3. The fourth-order valence-corrected chi connectivity index (χ4v) is 5.02. The van der Waals surface area contributed by atoms with Gasteiger partial charge in [-0.25, -0.2) is 14.7 Å². The van der Waals surface area contributed by atoms with Crippen LogP contribution in [0.15, 0.2) is 67.7 Å². The summed E-state index contributed by atoms with van der Waals surface area (Å²) in [6.45, 7) is 0.548.